The van der Waals surface area contributed by atoms with Gasteiger partial charge in [-0.05, 0) is 28.4 Å². The van der Waals surface area contributed by atoms with Crippen molar-refractivity contribution in [2.75, 3.05) is 72.1 Å². The van der Waals surface area contributed by atoms with Crippen LogP contribution in [0.25, 0.3) is 41.8 Å². The average Bonchev–Trinajstić information content (AvgIpc) is 3.95. The van der Waals surface area contributed by atoms with E-state index in [1.807, 2.05) is 0 Å². The lowest BCUT2D eigenvalue weighted by atomic mass is 9.78. The van der Waals surface area contributed by atoms with Crippen molar-refractivity contribution in [3.63, 3.8) is 0 Å². The van der Waals surface area contributed by atoms with Crippen molar-refractivity contribution in [2.45, 2.75) is 69.2 Å². The number of halogens is 6. The molecule has 0 N–H and O–H groups in total. The molecule has 2 aromatic rings. The van der Waals surface area contributed by atoms with Gasteiger partial charge >= 0.3 is 0 Å². The molecule has 0 saturated carbocycles. The summed E-state index contributed by atoms with van der Waals surface area (Å²) in [6.07, 6.45) is -1.09. The van der Waals surface area contributed by atoms with Gasteiger partial charge in [0.2, 0.25) is 0 Å². The number of rotatable bonds is 26. The molecule has 0 aliphatic carbocycles. The van der Waals surface area contributed by atoms with Gasteiger partial charge in [-0.2, -0.15) is 12.6 Å². The zero-order valence-corrected chi connectivity index (χ0v) is 32.5. The Kier molecular flexibility index (Phi) is 38.3. The van der Waals surface area contributed by atoms with Gasteiger partial charge in [-0.15, -0.1) is 29.0 Å². The predicted molar refractivity (Wildman–Crippen MR) is 214 cm³/mol. The highest BCUT2D eigenvalue weighted by Gasteiger charge is 2.37. The predicted octanol–water partition coefficient (Wildman–Crippen LogP) is 6.15. The van der Waals surface area contributed by atoms with Crippen LogP contribution in [0.2, 0.25) is 5.82 Å². The molecule has 8 atom stereocenters. The molecule has 0 saturated heterocycles. The van der Waals surface area contributed by atoms with Crippen LogP contribution in [0.3, 0.4) is 0 Å². The van der Waals surface area contributed by atoms with Crippen LogP contribution in [0.5, 0.6) is 0 Å². The van der Waals surface area contributed by atoms with Gasteiger partial charge in [0.05, 0.1) is 80.3 Å². The van der Waals surface area contributed by atoms with Crippen molar-refractivity contribution in [3.8, 4) is 24.7 Å². The number of ether oxygens (including phenoxy) is 3. The van der Waals surface area contributed by atoms with Crippen molar-refractivity contribution >= 4 is 28.3 Å². The molecule has 2 aromatic heterocycles. The molecular weight excluding hydrogens is 828 g/mol. The van der Waals surface area contributed by atoms with Crippen molar-refractivity contribution in [1.82, 2.24) is 30.0 Å². The van der Waals surface area contributed by atoms with E-state index in [0.717, 1.165) is 6.20 Å². The fourth-order valence-electron chi connectivity index (χ4n) is 3.58. The molecule has 8 unspecified atom stereocenters. The maximum Gasteiger partial charge on any atom is 0.194 e. The van der Waals surface area contributed by atoms with Gasteiger partial charge in [0, 0.05) is 63.7 Å². The van der Waals surface area contributed by atoms with Crippen LogP contribution in [0.4, 0.5) is 26.3 Å². The normalized spacial score (nSPS) is 13.8. The molecule has 2 heterocycles. The van der Waals surface area contributed by atoms with Crippen molar-refractivity contribution in [2.24, 2.45) is 20.5 Å². The van der Waals surface area contributed by atoms with Crippen LogP contribution in [-0.2, 0) is 27.3 Å². The summed E-state index contributed by atoms with van der Waals surface area (Å²) >= 11 is 3.53. The summed E-state index contributed by atoms with van der Waals surface area (Å²) in [6, 6.07) is 0. The highest BCUT2D eigenvalue weighted by molar-refractivity contribution is 7.79. The number of alkyl halides is 6. The minimum atomic E-state index is -2.62. The minimum Gasteiger partial charge on any atom is -0.381 e. The van der Waals surface area contributed by atoms with Gasteiger partial charge < -0.3 is 14.2 Å². The molecule has 0 aliphatic rings. The molecule has 60 heavy (non-hydrogen) atoms. The van der Waals surface area contributed by atoms with Gasteiger partial charge in [-0.3, -0.25) is 0 Å². The highest BCUT2D eigenvalue weighted by atomic mass is 32.1. The molecule has 0 amide bonds. The zero-order chi connectivity index (χ0) is 44.8. The van der Waals surface area contributed by atoms with E-state index in [1.165, 1.54) is 21.5 Å². The number of azide groups is 4. The van der Waals surface area contributed by atoms with Gasteiger partial charge in [-0.25, -0.2) is 35.7 Å². The van der Waals surface area contributed by atoms with Crippen LogP contribution in [0, 0.1) is 24.7 Å². The third-order valence-electron chi connectivity index (χ3n) is 6.47. The van der Waals surface area contributed by atoms with E-state index >= 15 is 0 Å². The molecule has 326 valence electrons. The topological polar surface area (TPSA) is 284 Å². The van der Waals surface area contributed by atoms with E-state index in [4.69, 9.17) is 58.5 Å². The first-order valence-electron chi connectivity index (χ1n) is 16.7. The second-order valence-electron chi connectivity index (χ2n) is 10.4. The fourth-order valence-corrected chi connectivity index (χ4v) is 3.58. The van der Waals surface area contributed by atoms with Gasteiger partial charge in [0.15, 0.2) is 24.7 Å². The lowest BCUT2D eigenvalue weighted by molar-refractivity contribution is 0.0763. The largest absolute Gasteiger partial charge is 0.381 e. The Bertz CT molecular complexity index is 1580. The van der Waals surface area contributed by atoms with Gasteiger partial charge in [-0.1, -0.05) is 44.2 Å². The van der Waals surface area contributed by atoms with Gasteiger partial charge in [0.1, 0.15) is 18.0 Å². The van der Waals surface area contributed by atoms with Crippen molar-refractivity contribution in [3.05, 3.63) is 65.6 Å². The van der Waals surface area contributed by atoms with Crippen molar-refractivity contribution < 1.29 is 40.6 Å². The zero-order valence-electron chi connectivity index (χ0n) is 31.6. The van der Waals surface area contributed by atoms with Crippen LogP contribution in [-0.4, -0.2) is 149 Å². The molecular formula is C30H44B2F6N18O3S. The van der Waals surface area contributed by atoms with E-state index in [0.29, 0.717) is 26.3 Å². The van der Waals surface area contributed by atoms with E-state index in [1.54, 1.807) is 12.2 Å². The first-order valence-corrected chi connectivity index (χ1v) is 17.6. The average molecular weight is 872 g/mol. The number of hydrogen-bond acceptors (Lipinski definition) is 12. The SMILES string of the molecule is C.CS.[B]C(C#C)C(F)C(F)C(F)C#C.[B]C(c1cn(CCOCCN=[N+]=[N-])nn1)C(F)C(F)C(F)c1cn(CCOCCN=[N+]=[N-])nn1.[N-]=[N+]=NCCOCCN=[N+]=[N-]. The number of nitrogens with zero attached hydrogens (tertiary/aromatic N) is 18. The lowest BCUT2D eigenvalue weighted by Crippen LogP contribution is -2.30. The summed E-state index contributed by atoms with van der Waals surface area (Å²) < 4.78 is 99.0. The molecule has 0 aromatic carbocycles. The lowest BCUT2D eigenvalue weighted by Gasteiger charge is -2.20. The molecule has 0 spiro atoms. The first-order chi connectivity index (χ1) is 28.4. The Hall–Kier alpha value is -5.42. The third kappa shape index (κ3) is 26.6. The standard InChI is InChI=1S/C16H22BF3N12O2.C8H6BF3.C4H8N6O.CH4S.CH4/c17-13(11-9-31(29-25-11)3-7-33-5-1-23-27-21)15(19)16(20)14(18)12-10-32(30-26-12)4-8-34-6-2-24-28-22;1-3-5(9)7(11)8(12)6(10)4-2;5-9-7-1-3-11-4-2-8-10-6;1-2;/h9-10,13-16H,1-8H2;1-2,5-8H;1-4H2;2H,1H3;1H4. The monoisotopic (exact) mass is 872 g/mol. The number of aromatic nitrogens is 6. The Morgan fingerprint density at radius 3 is 1.42 bits per heavy atom. The molecule has 2 rings (SSSR count). The molecule has 0 bridgehead atoms. The van der Waals surface area contributed by atoms with Gasteiger partial charge in [0.25, 0.3) is 0 Å². The van der Waals surface area contributed by atoms with Crippen LogP contribution >= 0.6 is 12.6 Å². The number of terminal acetylenes is 2. The Balaban J connectivity index is -0.00000102. The molecule has 30 heteroatoms. The third-order valence-corrected chi connectivity index (χ3v) is 6.47. The Labute approximate surface area is 350 Å². The summed E-state index contributed by atoms with van der Waals surface area (Å²) in [4.78, 5) is 10.2. The molecule has 4 radical (unpaired) electrons. The fraction of sp³-hybridized carbons (Fsp3) is 0.733. The highest BCUT2D eigenvalue weighted by Crippen LogP contribution is 2.31. The second-order valence-corrected chi connectivity index (χ2v) is 10.4. The van der Waals surface area contributed by atoms with E-state index < -0.39 is 54.4 Å². The van der Waals surface area contributed by atoms with Crippen LogP contribution in [0.15, 0.2) is 32.9 Å². The maximum atomic E-state index is 14.6. The van der Waals surface area contributed by atoms with E-state index in [2.05, 4.69) is 79.8 Å². The smallest absolute Gasteiger partial charge is 0.194 e. The van der Waals surface area contributed by atoms with E-state index in [-0.39, 0.29) is 65.7 Å². The van der Waals surface area contributed by atoms with E-state index in [9.17, 15) is 26.3 Å². The summed E-state index contributed by atoms with van der Waals surface area (Å²) in [5.41, 5.74) is 31.6. The van der Waals surface area contributed by atoms with Crippen LogP contribution < -0.4 is 0 Å². The summed E-state index contributed by atoms with van der Waals surface area (Å²) in [7, 11) is 10.7. The Morgan fingerprint density at radius 1 is 0.650 bits per heavy atom. The van der Waals surface area contributed by atoms with Crippen LogP contribution in [0.1, 0.15) is 30.8 Å². The summed E-state index contributed by atoms with van der Waals surface area (Å²) in [6.45, 7) is 2.92. The second kappa shape index (κ2) is 39.1. The molecule has 0 fully saturated rings. The number of thiol groups is 1. The van der Waals surface area contributed by atoms with Crippen molar-refractivity contribution in [1.29, 1.82) is 0 Å². The maximum absolute atomic E-state index is 14.6. The molecule has 21 nitrogen and oxygen atoms in total. The summed E-state index contributed by atoms with van der Waals surface area (Å²) in [5, 5.41) is 27.7. The molecule has 0 aliphatic heterocycles. The minimum absolute atomic E-state index is 0. The Morgan fingerprint density at radius 2 is 1.03 bits per heavy atom. The summed E-state index contributed by atoms with van der Waals surface area (Å²) in [5.74, 6) is 0.142. The number of hydrogen-bond donors (Lipinski definition) is 1. The quantitative estimate of drug-likeness (QED) is 0.0168. The first kappa shape index (κ1) is 58.9.